The van der Waals surface area contributed by atoms with Crippen molar-refractivity contribution < 1.29 is 19.4 Å². The molecular weight excluding hydrogens is 552 g/mol. The second-order valence-electron chi connectivity index (χ2n) is 11.5. The first-order chi connectivity index (χ1) is 21.5. The van der Waals surface area contributed by atoms with E-state index in [-0.39, 0.29) is 0 Å². The summed E-state index contributed by atoms with van der Waals surface area (Å²) >= 11 is 0. The molecule has 0 radical (unpaired) electrons. The Kier molecular flexibility index (Phi) is 9.00. The zero-order chi connectivity index (χ0) is 30.6. The summed E-state index contributed by atoms with van der Waals surface area (Å²) in [6, 6.07) is 20.6. The predicted octanol–water partition coefficient (Wildman–Crippen LogP) is 6.36. The number of carboxylic acid groups (broad SMARTS) is 1. The van der Waals surface area contributed by atoms with Gasteiger partial charge in [0, 0.05) is 60.8 Å². The number of aryl methyl sites for hydroxylation is 3. The maximum absolute atomic E-state index is 13.1. The molecule has 5 aromatic rings. The van der Waals surface area contributed by atoms with Gasteiger partial charge in [-0.2, -0.15) is 5.10 Å². The van der Waals surface area contributed by atoms with Crippen molar-refractivity contribution in [1.29, 1.82) is 0 Å². The van der Waals surface area contributed by atoms with Crippen LogP contribution in [0.4, 0.5) is 0 Å². The first kappa shape index (κ1) is 29.9. The molecule has 0 saturated carbocycles. The summed E-state index contributed by atoms with van der Waals surface area (Å²) in [6.45, 7) is 9.27. The molecule has 2 aromatic heterocycles. The number of hydrogen-bond donors (Lipinski definition) is 1. The summed E-state index contributed by atoms with van der Waals surface area (Å²) in [5.74, 6) is -0.0377. The fourth-order valence-corrected chi connectivity index (χ4v) is 6.81. The number of carboxylic acids is 1. The molecule has 0 unspecified atom stereocenters. The number of fused-ring (bicyclic) bond motifs is 2. The molecule has 1 fully saturated rings. The molecule has 0 spiro atoms. The molecule has 0 atom stereocenters. The Hall–Kier alpha value is -4.14. The topological polar surface area (TPSA) is 81.8 Å². The molecule has 1 aliphatic heterocycles. The van der Waals surface area contributed by atoms with E-state index >= 15 is 0 Å². The highest BCUT2D eigenvalue weighted by atomic mass is 16.5. The lowest BCUT2D eigenvalue weighted by Crippen LogP contribution is -2.38. The van der Waals surface area contributed by atoms with Crippen LogP contribution in [-0.4, -0.2) is 69.8 Å². The van der Waals surface area contributed by atoms with Crippen molar-refractivity contribution in [3.05, 3.63) is 83.3 Å². The second kappa shape index (κ2) is 13.2. The second-order valence-corrected chi connectivity index (χ2v) is 11.5. The molecule has 1 saturated heterocycles. The molecule has 8 nitrogen and oxygen atoms in total. The third-order valence-corrected chi connectivity index (χ3v) is 8.89. The Labute approximate surface area is 258 Å². The third-order valence-electron chi connectivity index (χ3n) is 8.89. The van der Waals surface area contributed by atoms with Gasteiger partial charge in [0.05, 0.1) is 31.0 Å². The molecule has 1 aliphatic rings. The molecule has 230 valence electrons. The SMILES string of the molecule is CCc1nn(C)c(CC)c1-c1cccc2c(CCCOc3cccc4ccccc34)c(C(=O)O)n(CCN3CCOCC3)c12. The van der Waals surface area contributed by atoms with Crippen molar-refractivity contribution in [3.8, 4) is 16.9 Å². The maximum Gasteiger partial charge on any atom is 0.352 e. The van der Waals surface area contributed by atoms with Gasteiger partial charge < -0.3 is 19.1 Å². The van der Waals surface area contributed by atoms with Crippen molar-refractivity contribution in [2.24, 2.45) is 7.05 Å². The molecule has 44 heavy (non-hydrogen) atoms. The zero-order valence-corrected chi connectivity index (χ0v) is 26.0. The van der Waals surface area contributed by atoms with Gasteiger partial charge in [-0.15, -0.1) is 0 Å². The first-order valence-electron chi connectivity index (χ1n) is 15.8. The van der Waals surface area contributed by atoms with E-state index in [9.17, 15) is 9.90 Å². The minimum Gasteiger partial charge on any atom is -0.493 e. The van der Waals surface area contributed by atoms with Crippen molar-refractivity contribution in [3.63, 3.8) is 0 Å². The quantitative estimate of drug-likeness (QED) is 0.169. The number of carbonyl (C=O) groups is 1. The average Bonchev–Trinajstić information content (AvgIpc) is 3.56. The predicted molar refractivity (Wildman–Crippen MR) is 175 cm³/mol. The Morgan fingerprint density at radius 2 is 1.70 bits per heavy atom. The Balaban J connectivity index is 1.40. The number of para-hydroxylation sites is 1. The van der Waals surface area contributed by atoms with Crippen LogP contribution in [0.3, 0.4) is 0 Å². The third kappa shape index (κ3) is 5.72. The minimum absolute atomic E-state index is 0.380. The van der Waals surface area contributed by atoms with Crippen molar-refractivity contribution >= 4 is 27.6 Å². The fraction of sp³-hybridized carbons (Fsp3) is 0.389. The van der Waals surface area contributed by atoms with Gasteiger partial charge in [0.15, 0.2) is 0 Å². The lowest BCUT2D eigenvalue weighted by atomic mass is 9.96. The summed E-state index contributed by atoms with van der Waals surface area (Å²) < 4.78 is 15.9. The highest BCUT2D eigenvalue weighted by Crippen LogP contribution is 2.38. The molecule has 0 bridgehead atoms. The van der Waals surface area contributed by atoms with E-state index < -0.39 is 5.97 Å². The number of ether oxygens (including phenoxy) is 2. The maximum atomic E-state index is 13.1. The van der Waals surface area contributed by atoms with Crippen LogP contribution in [0, 0.1) is 0 Å². The van der Waals surface area contributed by atoms with Gasteiger partial charge in [0.2, 0.25) is 0 Å². The largest absolute Gasteiger partial charge is 0.493 e. The number of benzene rings is 3. The number of hydrogen-bond acceptors (Lipinski definition) is 5. The van der Waals surface area contributed by atoms with E-state index in [1.807, 2.05) is 36.0 Å². The van der Waals surface area contributed by atoms with E-state index in [2.05, 4.69) is 59.7 Å². The average molecular weight is 595 g/mol. The summed E-state index contributed by atoms with van der Waals surface area (Å²) in [4.78, 5) is 15.4. The molecule has 3 heterocycles. The highest BCUT2D eigenvalue weighted by molar-refractivity contribution is 6.04. The Bertz CT molecular complexity index is 1780. The van der Waals surface area contributed by atoms with Crippen molar-refractivity contribution in [1.82, 2.24) is 19.2 Å². The molecule has 3 aromatic carbocycles. The van der Waals surface area contributed by atoms with Crippen LogP contribution >= 0.6 is 0 Å². The van der Waals surface area contributed by atoms with Crippen LogP contribution in [0.1, 0.15) is 47.7 Å². The van der Waals surface area contributed by atoms with E-state index in [1.165, 1.54) is 0 Å². The van der Waals surface area contributed by atoms with Crippen LogP contribution in [-0.2, 0) is 37.6 Å². The molecule has 1 N–H and O–H groups in total. The summed E-state index contributed by atoms with van der Waals surface area (Å²) in [6.07, 6.45) is 2.95. The van der Waals surface area contributed by atoms with Crippen molar-refractivity contribution in [2.45, 2.75) is 46.1 Å². The first-order valence-corrected chi connectivity index (χ1v) is 15.8. The van der Waals surface area contributed by atoms with Gasteiger partial charge in [0.25, 0.3) is 0 Å². The molecule has 8 heteroatoms. The van der Waals surface area contributed by atoms with Crippen molar-refractivity contribution in [2.75, 3.05) is 39.5 Å². The number of nitrogens with zero attached hydrogens (tertiary/aromatic N) is 4. The lowest BCUT2D eigenvalue weighted by Gasteiger charge is -2.27. The van der Waals surface area contributed by atoms with Gasteiger partial charge in [-0.05, 0) is 42.7 Å². The van der Waals surface area contributed by atoms with E-state index in [0.717, 1.165) is 88.0 Å². The molecular formula is C36H42N4O4. The van der Waals surface area contributed by atoms with E-state index in [4.69, 9.17) is 14.6 Å². The standard InChI is InChI=1S/C36H42N4O4/c1-4-30-33(31(5-2)38(3)37-30)29-15-9-14-27-28(16-10-22-44-32-17-8-12-25-11-6-7-13-26(25)32)35(36(41)42)40(34(27)29)19-18-39-20-23-43-24-21-39/h6-9,11-15,17H,4-5,10,16,18-24H2,1-3H3,(H,41,42). The number of rotatable bonds is 12. The van der Waals surface area contributed by atoms with Crippen LogP contribution < -0.4 is 4.74 Å². The van der Waals surface area contributed by atoms with Crippen LogP contribution in [0.25, 0.3) is 32.8 Å². The van der Waals surface area contributed by atoms with Crippen LogP contribution in [0.5, 0.6) is 5.75 Å². The van der Waals surface area contributed by atoms with Crippen LogP contribution in [0.2, 0.25) is 0 Å². The van der Waals surface area contributed by atoms with Gasteiger partial charge in [-0.1, -0.05) is 68.4 Å². The Morgan fingerprint density at radius 1 is 0.955 bits per heavy atom. The molecule has 0 amide bonds. The summed E-state index contributed by atoms with van der Waals surface area (Å²) in [5, 5.41) is 18.8. The van der Waals surface area contributed by atoms with Gasteiger partial charge in [-0.3, -0.25) is 9.58 Å². The van der Waals surface area contributed by atoms with E-state index in [0.29, 0.717) is 44.9 Å². The smallest absolute Gasteiger partial charge is 0.352 e. The highest BCUT2D eigenvalue weighted by Gasteiger charge is 2.27. The van der Waals surface area contributed by atoms with Gasteiger partial charge in [-0.25, -0.2) is 4.79 Å². The number of morpholine rings is 1. The molecule has 6 rings (SSSR count). The number of aromatic nitrogens is 3. The Morgan fingerprint density at radius 3 is 2.48 bits per heavy atom. The molecule has 0 aliphatic carbocycles. The van der Waals surface area contributed by atoms with E-state index in [1.54, 1.807) is 0 Å². The zero-order valence-electron chi connectivity index (χ0n) is 26.0. The van der Waals surface area contributed by atoms with Crippen LogP contribution in [0.15, 0.2) is 60.7 Å². The monoisotopic (exact) mass is 594 g/mol. The normalized spacial score (nSPS) is 14.1. The van der Waals surface area contributed by atoms with Gasteiger partial charge in [0.1, 0.15) is 11.4 Å². The number of aromatic carboxylic acids is 1. The summed E-state index contributed by atoms with van der Waals surface area (Å²) in [7, 11) is 2.00. The summed E-state index contributed by atoms with van der Waals surface area (Å²) in [5.41, 5.74) is 6.64. The van der Waals surface area contributed by atoms with Gasteiger partial charge >= 0.3 is 5.97 Å². The lowest BCUT2D eigenvalue weighted by molar-refractivity contribution is 0.0362. The fourth-order valence-electron chi connectivity index (χ4n) is 6.81. The minimum atomic E-state index is -0.892.